The highest BCUT2D eigenvalue weighted by atomic mass is 79.9. The molecule has 1 heterocycles. The predicted molar refractivity (Wildman–Crippen MR) is 81.9 cm³/mol. The Morgan fingerprint density at radius 1 is 1.41 bits per heavy atom. The molecule has 0 radical (unpaired) electrons. The Morgan fingerprint density at radius 2 is 2.06 bits per heavy atom. The zero-order valence-corrected chi connectivity index (χ0v) is 14.0. The summed E-state index contributed by atoms with van der Waals surface area (Å²) in [5.41, 5.74) is 0.357. The second-order valence-corrected chi connectivity index (χ2v) is 7.97. The molecule has 1 aromatic rings. The standard InChI is InChI=1S/C14H24BrNS/c1-6-7-16-12(9-14(3,4)5)13-8-11(15)10(2)17-13/h8,12,16H,6-7,9H2,1-5H3. The van der Waals surface area contributed by atoms with Gasteiger partial charge in [-0.3, -0.25) is 0 Å². The number of thiophene rings is 1. The van der Waals surface area contributed by atoms with Gasteiger partial charge in [-0.15, -0.1) is 11.3 Å². The van der Waals surface area contributed by atoms with Crippen molar-refractivity contribution in [3.05, 3.63) is 20.3 Å². The van der Waals surface area contributed by atoms with Gasteiger partial charge in [-0.25, -0.2) is 0 Å². The van der Waals surface area contributed by atoms with Crippen LogP contribution in [-0.2, 0) is 0 Å². The normalized spacial score (nSPS) is 14.0. The molecule has 1 N–H and O–H groups in total. The highest BCUT2D eigenvalue weighted by Crippen LogP contribution is 2.36. The summed E-state index contributed by atoms with van der Waals surface area (Å²) in [6, 6.07) is 2.77. The summed E-state index contributed by atoms with van der Waals surface area (Å²) >= 11 is 5.52. The molecule has 0 saturated carbocycles. The van der Waals surface area contributed by atoms with Gasteiger partial charge in [-0.2, -0.15) is 0 Å². The van der Waals surface area contributed by atoms with E-state index in [1.54, 1.807) is 0 Å². The third kappa shape index (κ3) is 5.11. The molecule has 1 aromatic heterocycles. The molecule has 0 amide bonds. The van der Waals surface area contributed by atoms with E-state index in [1.807, 2.05) is 11.3 Å². The summed E-state index contributed by atoms with van der Waals surface area (Å²) in [5, 5.41) is 3.67. The molecule has 0 bridgehead atoms. The van der Waals surface area contributed by atoms with Gasteiger partial charge in [0.05, 0.1) is 0 Å². The second-order valence-electron chi connectivity index (χ2n) is 5.82. The third-order valence-electron chi connectivity index (χ3n) is 2.68. The molecule has 1 atom stereocenters. The van der Waals surface area contributed by atoms with E-state index < -0.39 is 0 Å². The van der Waals surface area contributed by atoms with Crippen molar-refractivity contribution in [2.24, 2.45) is 5.41 Å². The van der Waals surface area contributed by atoms with Gasteiger partial charge in [0.15, 0.2) is 0 Å². The lowest BCUT2D eigenvalue weighted by Gasteiger charge is -2.26. The van der Waals surface area contributed by atoms with Gasteiger partial charge < -0.3 is 5.32 Å². The number of nitrogens with one attached hydrogen (secondary N) is 1. The summed E-state index contributed by atoms with van der Waals surface area (Å²) < 4.78 is 1.25. The molecule has 1 unspecified atom stereocenters. The van der Waals surface area contributed by atoms with Crippen LogP contribution in [-0.4, -0.2) is 6.54 Å². The van der Waals surface area contributed by atoms with Crippen LogP contribution in [0.25, 0.3) is 0 Å². The van der Waals surface area contributed by atoms with Crippen molar-refractivity contribution in [3.8, 4) is 0 Å². The first-order valence-electron chi connectivity index (χ1n) is 6.32. The van der Waals surface area contributed by atoms with Gasteiger partial charge in [0.2, 0.25) is 0 Å². The minimum atomic E-state index is 0.357. The van der Waals surface area contributed by atoms with Crippen molar-refractivity contribution in [1.29, 1.82) is 0 Å². The zero-order chi connectivity index (χ0) is 13.1. The zero-order valence-electron chi connectivity index (χ0n) is 11.6. The average Bonchev–Trinajstić information content (AvgIpc) is 2.52. The minimum Gasteiger partial charge on any atom is -0.309 e. The van der Waals surface area contributed by atoms with Crippen molar-refractivity contribution >= 4 is 27.3 Å². The average molecular weight is 318 g/mol. The highest BCUT2D eigenvalue weighted by Gasteiger charge is 2.21. The van der Waals surface area contributed by atoms with Crippen molar-refractivity contribution in [2.75, 3.05) is 6.54 Å². The van der Waals surface area contributed by atoms with E-state index in [1.165, 1.54) is 27.1 Å². The number of rotatable bonds is 5. The summed E-state index contributed by atoms with van der Waals surface area (Å²) in [6.45, 7) is 12.4. The van der Waals surface area contributed by atoms with Crippen LogP contribution < -0.4 is 5.32 Å². The van der Waals surface area contributed by atoms with E-state index >= 15 is 0 Å². The summed E-state index contributed by atoms with van der Waals surface area (Å²) in [6.07, 6.45) is 2.37. The van der Waals surface area contributed by atoms with Crippen LogP contribution in [0.15, 0.2) is 10.5 Å². The van der Waals surface area contributed by atoms with Crippen molar-refractivity contribution in [3.63, 3.8) is 0 Å². The van der Waals surface area contributed by atoms with Crippen LogP contribution in [0.5, 0.6) is 0 Å². The maximum Gasteiger partial charge on any atom is 0.0420 e. The number of halogens is 1. The van der Waals surface area contributed by atoms with Crippen molar-refractivity contribution in [1.82, 2.24) is 5.32 Å². The van der Waals surface area contributed by atoms with Gasteiger partial charge in [-0.1, -0.05) is 27.7 Å². The monoisotopic (exact) mass is 317 g/mol. The van der Waals surface area contributed by atoms with Crippen LogP contribution in [0.4, 0.5) is 0 Å². The van der Waals surface area contributed by atoms with E-state index in [0.29, 0.717) is 11.5 Å². The number of hydrogen-bond donors (Lipinski definition) is 1. The number of hydrogen-bond acceptors (Lipinski definition) is 2. The van der Waals surface area contributed by atoms with Crippen molar-refractivity contribution < 1.29 is 0 Å². The lowest BCUT2D eigenvalue weighted by atomic mass is 9.87. The summed E-state index contributed by atoms with van der Waals surface area (Å²) in [4.78, 5) is 2.83. The Hall–Kier alpha value is 0.140. The Kier molecular flexibility index (Phi) is 5.68. The predicted octanol–water partition coefficient (Wildman–Crippen LogP) is 5.30. The first kappa shape index (κ1) is 15.2. The fourth-order valence-corrected chi connectivity index (χ4v) is 3.49. The second kappa shape index (κ2) is 6.35. The Balaban J connectivity index is 2.81. The first-order valence-corrected chi connectivity index (χ1v) is 7.93. The molecular weight excluding hydrogens is 294 g/mol. The summed E-state index contributed by atoms with van der Waals surface area (Å²) in [7, 11) is 0. The van der Waals surface area contributed by atoms with Crippen LogP contribution in [0.3, 0.4) is 0 Å². The molecule has 1 nitrogen and oxygen atoms in total. The molecule has 1 rings (SSSR count). The molecule has 0 fully saturated rings. The minimum absolute atomic E-state index is 0.357. The SMILES string of the molecule is CCCNC(CC(C)(C)C)c1cc(Br)c(C)s1. The molecule has 3 heteroatoms. The van der Waals surface area contributed by atoms with Gasteiger partial charge in [-0.05, 0) is 53.7 Å². The van der Waals surface area contributed by atoms with Gasteiger partial charge in [0, 0.05) is 20.3 Å². The van der Waals surface area contributed by atoms with Crippen LogP contribution in [0.1, 0.15) is 56.3 Å². The maximum atomic E-state index is 3.67. The van der Waals surface area contributed by atoms with Crippen LogP contribution in [0, 0.1) is 12.3 Å². The van der Waals surface area contributed by atoms with E-state index in [-0.39, 0.29) is 0 Å². The van der Waals surface area contributed by atoms with Crippen LogP contribution >= 0.6 is 27.3 Å². The molecular formula is C14H24BrNS. The van der Waals surface area contributed by atoms with E-state index in [4.69, 9.17) is 0 Å². The molecule has 0 aliphatic carbocycles. The smallest absolute Gasteiger partial charge is 0.0420 e. The van der Waals surface area contributed by atoms with E-state index in [2.05, 4.69) is 61.9 Å². The largest absolute Gasteiger partial charge is 0.309 e. The molecule has 0 saturated heterocycles. The fourth-order valence-electron chi connectivity index (χ4n) is 1.86. The Labute approximate surface area is 118 Å². The lowest BCUT2D eigenvalue weighted by molar-refractivity contribution is 0.314. The molecule has 0 aromatic carbocycles. The lowest BCUT2D eigenvalue weighted by Crippen LogP contribution is -2.25. The third-order valence-corrected chi connectivity index (χ3v) is 4.93. The maximum absolute atomic E-state index is 3.67. The van der Waals surface area contributed by atoms with E-state index in [0.717, 1.165) is 6.54 Å². The first-order chi connectivity index (χ1) is 7.83. The Bertz CT molecular complexity index is 332. The topological polar surface area (TPSA) is 12.0 Å². The quantitative estimate of drug-likeness (QED) is 0.777. The number of aryl methyl sites for hydroxylation is 1. The summed E-state index contributed by atoms with van der Waals surface area (Å²) in [5.74, 6) is 0. The highest BCUT2D eigenvalue weighted by molar-refractivity contribution is 9.10. The molecule has 0 aliphatic rings. The van der Waals surface area contributed by atoms with Gasteiger partial charge in [0.25, 0.3) is 0 Å². The van der Waals surface area contributed by atoms with Gasteiger partial charge >= 0.3 is 0 Å². The van der Waals surface area contributed by atoms with Gasteiger partial charge in [0.1, 0.15) is 0 Å². The Morgan fingerprint density at radius 3 is 2.47 bits per heavy atom. The van der Waals surface area contributed by atoms with Crippen LogP contribution in [0.2, 0.25) is 0 Å². The fraction of sp³-hybridized carbons (Fsp3) is 0.714. The molecule has 0 spiro atoms. The van der Waals surface area contributed by atoms with Crippen molar-refractivity contribution in [2.45, 2.75) is 53.5 Å². The molecule has 98 valence electrons. The van der Waals surface area contributed by atoms with E-state index in [9.17, 15) is 0 Å². The molecule has 17 heavy (non-hydrogen) atoms. The molecule has 0 aliphatic heterocycles.